The number of nitrogens with two attached hydrogens (primary N) is 1. The van der Waals surface area contributed by atoms with E-state index in [1.54, 1.807) is 49.3 Å². The molecule has 0 spiro atoms. The van der Waals surface area contributed by atoms with Crippen LogP contribution in [0.25, 0.3) is 23.0 Å². The van der Waals surface area contributed by atoms with Crippen molar-refractivity contribution in [2.75, 3.05) is 24.7 Å². The average Bonchev–Trinajstić information content (AvgIpc) is 3.14. The highest BCUT2D eigenvalue weighted by molar-refractivity contribution is 5.86. The fourth-order valence-corrected chi connectivity index (χ4v) is 2.41. The number of allylic oxidation sites excluding steroid dienone is 1. The van der Waals surface area contributed by atoms with E-state index in [1.165, 1.54) is 12.1 Å². The van der Waals surface area contributed by atoms with Gasteiger partial charge in [-0.05, 0) is 18.2 Å². The molecule has 0 unspecified atom stereocenters. The average molecular weight is 377 g/mol. The molecule has 3 aromatic rings. The first-order chi connectivity index (χ1) is 13.4. The normalized spacial score (nSPS) is 11.1. The largest absolute Gasteiger partial charge is 0.456 e. The highest BCUT2D eigenvalue weighted by Gasteiger charge is 2.17. The van der Waals surface area contributed by atoms with Gasteiger partial charge in [-0.1, -0.05) is 12.1 Å². The molecule has 2 aromatic heterocycles. The van der Waals surface area contributed by atoms with Crippen LogP contribution in [0.4, 0.5) is 17.6 Å². The molecule has 140 valence electrons. The van der Waals surface area contributed by atoms with Crippen molar-refractivity contribution in [1.29, 1.82) is 5.26 Å². The number of aromatic nitrogens is 3. The van der Waals surface area contributed by atoms with Crippen molar-refractivity contribution in [2.24, 2.45) is 0 Å². The Bertz CT molecular complexity index is 1110. The number of para-hydroxylation sites is 1. The van der Waals surface area contributed by atoms with Crippen LogP contribution in [0.2, 0.25) is 0 Å². The number of benzene rings is 1. The highest BCUT2D eigenvalue weighted by Crippen LogP contribution is 2.31. The van der Waals surface area contributed by atoms with Crippen molar-refractivity contribution in [1.82, 2.24) is 15.0 Å². The van der Waals surface area contributed by atoms with Crippen molar-refractivity contribution in [3.63, 3.8) is 0 Å². The minimum atomic E-state index is -0.482. The molecule has 0 aliphatic rings. The van der Waals surface area contributed by atoms with Crippen LogP contribution in [0.3, 0.4) is 0 Å². The number of nitro benzene ring substituents is 1. The molecule has 2 heterocycles. The highest BCUT2D eigenvalue weighted by atomic mass is 16.6. The maximum absolute atomic E-state index is 11.2. The molecule has 0 amide bonds. The summed E-state index contributed by atoms with van der Waals surface area (Å²) in [6, 6.07) is 11.4. The van der Waals surface area contributed by atoms with Crippen LogP contribution in [0.1, 0.15) is 11.6 Å². The fraction of sp³-hybridized carbons (Fsp3) is 0.111. The molecular formula is C18H15N7O3. The molecule has 0 radical (unpaired) electrons. The van der Waals surface area contributed by atoms with Crippen LogP contribution in [-0.4, -0.2) is 34.0 Å². The summed E-state index contributed by atoms with van der Waals surface area (Å²) in [5.41, 5.74) is 6.07. The smallest absolute Gasteiger partial charge is 0.280 e. The lowest BCUT2D eigenvalue weighted by Gasteiger charge is -2.10. The van der Waals surface area contributed by atoms with Crippen LogP contribution in [0.15, 0.2) is 40.8 Å². The molecule has 0 bridgehead atoms. The molecule has 0 saturated carbocycles. The van der Waals surface area contributed by atoms with Crippen molar-refractivity contribution in [3.05, 3.63) is 58.1 Å². The third kappa shape index (κ3) is 3.78. The SMILES string of the molecule is CN(C)c1nc(N)nc(/C(C#N)=C/c2ccc(-c3ccccc3[N+](=O)[O-])o2)n1. The van der Waals surface area contributed by atoms with Crippen LogP contribution in [-0.2, 0) is 0 Å². The van der Waals surface area contributed by atoms with E-state index >= 15 is 0 Å². The fourth-order valence-electron chi connectivity index (χ4n) is 2.41. The number of rotatable bonds is 5. The quantitative estimate of drug-likeness (QED) is 0.402. The van der Waals surface area contributed by atoms with Gasteiger partial charge in [-0.3, -0.25) is 10.1 Å². The topological polar surface area (TPSA) is 148 Å². The van der Waals surface area contributed by atoms with E-state index in [1.807, 2.05) is 6.07 Å². The third-order valence-electron chi connectivity index (χ3n) is 3.68. The molecule has 28 heavy (non-hydrogen) atoms. The van der Waals surface area contributed by atoms with Crippen LogP contribution < -0.4 is 10.6 Å². The maximum Gasteiger partial charge on any atom is 0.280 e. The van der Waals surface area contributed by atoms with E-state index < -0.39 is 4.92 Å². The minimum Gasteiger partial charge on any atom is -0.456 e. The van der Waals surface area contributed by atoms with E-state index in [0.29, 0.717) is 23.0 Å². The van der Waals surface area contributed by atoms with Gasteiger partial charge in [0.15, 0.2) is 5.82 Å². The summed E-state index contributed by atoms with van der Waals surface area (Å²) in [6.07, 6.45) is 1.44. The van der Waals surface area contributed by atoms with Gasteiger partial charge in [-0.25, -0.2) is 0 Å². The van der Waals surface area contributed by atoms with Gasteiger partial charge in [0.05, 0.1) is 10.5 Å². The summed E-state index contributed by atoms with van der Waals surface area (Å²) in [7, 11) is 3.47. The van der Waals surface area contributed by atoms with Gasteiger partial charge in [0.2, 0.25) is 11.9 Å². The Hall–Kier alpha value is -4.26. The Morgan fingerprint density at radius 3 is 2.68 bits per heavy atom. The first-order valence-corrected chi connectivity index (χ1v) is 8.03. The lowest BCUT2D eigenvalue weighted by Crippen LogP contribution is -2.15. The number of hydrogen-bond donors (Lipinski definition) is 1. The molecule has 10 heteroatoms. The molecule has 10 nitrogen and oxygen atoms in total. The third-order valence-corrected chi connectivity index (χ3v) is 3.68. The summed E-state index contributed by atoms with van der Waals surface area (Å²) in [5, 5.41) is 20.7. The lowest BCUT2D eigenvalue weighted by molar-refractivity contribution is -0.384. The number of hydrogen-bond acceptors (Lipinski definition) is 9. The minimum absolute atomic E-state index is 0.0186. The zero-order valence-corrected chi connectivity index (χ0v) is 15.0. The van der Waals surface area contributed by atoms with Crippen LogP contribution in [0.5, 0.6) is 0 Å². The van der Waals surface area contributed by atoms with Crippen LogP contribution >= 0.6 is 0 Å². The van der Waals surface area contributed by atoms with Gasteiger partial charge in [0, 0.05) is 26.2 Å². The number of nitrogen functional groups attached to an aromatic ring is 1. The summed E-state index contributed by atoms with van der Waals surface area (Å²) in [6.45, 7) is 0. The van der Waals surface area contributed by atoms with E-state index in [0.717, 1.165) is 0 Å². The second kappa shape index (κ2) is 7.55. The van der Waals surface area contributed by atoms with Crippen molar-refractivity contribution in [2.45, 2.75) is 0 Å². The number of nitrogens with zero attached hydrogens (tertiary/aromatic N) is 6. The molecule has 1 aromatic carbocycles. The van der Waals surface area contributed by atoms with Crippen molar-refractivity contribution in [3.8, 4) is 17.4 Å². The Morgan fingerprint density at radius 2 is 2.00 bits per heavy atom. The summed E-state index contributed by atoms with van der Waals surface area (Å²) in [4.78, 5) is 24.5. The monoisotopic (exact) mass is 377 g/mol. The number of anilines is 2. The number of furan rings is 1. The predicted molar refractivity (Wildman–Crippen MR) is 103 cm³/mol. The Kier molecular flexibility index (Phi) is 4.99. The second-order valence-electron chi connectivity index (χ2n) is 5.86. The van der Waals surface area contributed by atoms with E-state index in [9.17, 15) is 15.4 Å². The van der Waals surface area contributed by atoms with Crippen molar-refractivity contribution < 1.29 is 9.34 Å². The first kappa shape index (κ1) is 18.5. The molecule has 0 atom stereocenters. The first-order valence-electron chi connectivity index (χ1n) is 8.03. The van der Waals surface area contributed by atoms with Crippen molar-refractivity contribution >= 4 is 29.2 Å². The molecule has 3 rings (SSSR count). The maximum atomic E-state index is 11.2. The Balaban J connectivity index is 2.01. The summed E-state index contributed by atoms with van der Waals surface area (Å²) < 4.78 is 5.68. The van der Waals surface area contributed by atoms with Gasteiger partial charge in [0.25, 0.3) is 5.69 Å². The van der Waals surface area contributed by atoms with Gasteiger partial charge in [-0.2, -0.15) is 20.2 Å². The van der Waals surface area contributed by atoms with Gasteiger partial charge in [-0.15, -0.1) is 0 Å². The van der Waals surface area contributed by atoms with Crippen LogP contribution in [0, 0.1) is 21.4 Å². The molecule has 0 fully saturated rings. The van der Waals surface area contributed by atoms with E-state index in [2.05, 4.69) is 15.0 Å². The molecule has 2 N–H and O–H groups in total. The molecule has 0 aliphatic heterocycles. The van der Waals surface area contributed by atoms with Gasteiger partial charge < -0.3 is 15.1 Å². The standard InChI is InChI=1S/C18H15N7O3/c1-24(2)18-22-16(21-17(20)23-18)11(10-19)9-12-7-8-15(28-12)13-5-3-4-6-14(13)25(26)27/h3-9H,1-2H3,(H2,20,21,22,23)/b11-9+. The Morgan fingerprint density at radius 1 is 1.25 bits per heavy atom. The van der Waals surface area contributed by atoms with Gasteiger partial charge >= 0.3 is 0 Å². The molecular weight excluding hydrogens is 362 g/mol. The predicted octanol–water partition coefficient (Wildman–Crippen LogP) is 2.75. The zero-order chi connectivity index (χ0) is 20.3. The van der Waals surface area contributed by atoms with Gasteiger partial charge in [0.1, 0.15) is 23.2 Å². The van der Waals surface area contributed by atoms with E-state index in [4.69, 9.17) is 10.2 Å². The number of nitriles is 1. The number of nitro groups is 1. The van der Waals surface area contributed by atoms with E-state index in [-0.39, 0.29) is 23.0 Å². The second-order valence-corrected chi connectivity index (χ2v) is 5.86. The summed E-state index contributed by atoms with van der Waals surface area (Å²) in [5.74, 6) is 1.01. The Labute approximate surface area is 159 Å². The molecule has 0 saturated heterocycles. The lowest BCUT2D eigenvalue weighted by atomic mass is 10.1. The summed E-state index contributed by atoms with van der Waals surface area (Å²) >= 11 is 0. The molecule has 0 aliphatic carbocycles. The zero-order valence-electron chi connectivity index (χ0n) is 15.0.